The molecule has 1 aromatic heterocycles. The van der Waals surface area contributed by atoms with Crippen LogP contribution in [-0.2, 0) is 9.59 Å². The number of carbonyl (C=O) groups is 2. The summed E-state index contributed by atoms with van der Waals surface area (Å²) >= 11 is 17.8. The number of anilines is 2. The molecule has 0 atom stereocenters. The molecule has 0 bridgehead atoms. The quantitative estimate of drug-likeness (QED) is 0.350. The first-order chi connectivity index (χ1) is 17.3. The van der Waals surface area contributed by atoms with Crippen molar-refractivity contribution in [2.75, 3.05) is 10.6 Å². The summed E-state index contributed by atoms with van der Waals surface area (Å²) in [6.07, 6.45) is 0. The molecule has 0 aliphatic rings. The van der Waals surface area contributed by atoms with Gasteiger partial charge in [-0.15, -0.1) is 0 Å². The molecule has 0 radical (unpaired) electrons. The molecule has 4 rings (SSSR count). The van der Waals surface area contributed by atoms with Gasteiger partial charge in [0.05, 0.1) is 20.7 Å². The van der Waals surface area contributed by atoms with Crippen LogP contribution in [0.2, 0.25) is 15.1 Å². The van der Waals surface area contributed by atoms with E-state index in [1.165, 1.54) is 12.1 Å². The second kappa shape index (κ2) is 10.6. The van der Waals surface area contributed by atoms with Gasteiger partial charge in [0.15, 0.2) is 0 Å². The smallest absolute Gasteiger partial charge is 0.268 e. The van der Waals surface area contributed by atoms with Crippen molar-refractivity contribution >= 4 is 79.9 Å². The number of nitriles is 2. The topological polar surface area (TPSA) is 122 Å². The van der Waals surface area contributed by atoms with Crippen molar-refractivity contribution in [1.82, 2.24) is 4.98 Å². The van der Waals surface area contributed by atoms with Gasteiger partial charge in [-0.3, -0.25) is 9.59 Å². The summed E-state index contributed by atoms with van der Waals surface area (Å²) < 4.78 is 0. The van der Waals surface area contributed by atoms with E-state index in [4.69, 9.17) is 34.8 Å². The van der Waals surface area contributed by atoms with E-state index in [0.717, 1.165) is 0 Å². The highest BCUT2D eigenvalue weighted by Gasteiger charge is 2.18. The number of carbonyl (C=O) groups excluding carboxylic acids is 2. The Bertz CT molecular complexity index is 1730. The van der Waals surface area contributed by atoms with Gasteiger partial charge >= 0.3 is 0 Å². The Balaban J connectivity index is 1.86. The summed E-state index contributed by atoms with van der Waals surface area (Å²) in [6.45, 7) is 0. The molecule has 3 aromatic carbocycles. The zero-order valence-corrected chi connectivity index (χ0v) is 20.5. The van der Waals surface area contributed by atoms with E-state index in [9.17, 15) is 20.1 Å². The fourth-order valence-corrected chi connectivity index (χ4v) is 3.93. The fraction of sp³-hybridized carbons (Fsp3) is 0. The third kappa shape index (κ3) is 5.05. The van der Waals surface area contributed by atoms with Crippen LogP contribution in [0.25, 0.3) is 21.9 Å². The number of aromatic amines is 1. The number of aromatic nitrogens is 1. The maximum absolute atomic E-state index is 13.0. The van der Waals surface area contributed by atoms with Crippen molar-refractivity contribution in [3.05, 3.63) is 92.5 Å². The molecule has 0 unspecified atom stereocenters. The Labute approximate surface area is 219 Å². The van der Waals surface area contributed by atoms with Gasteiger partial charge in [0.25, 0.3) is 11.8 Å². The van der Waals surface area contributed by atoms with Crippen LogP contribution in [0.3, 0.4) is 0 Å². The van der Waals surface area contributed by atoms with Gasteiger partial charge in [-0.2, -0.15) is 10.5 Å². The number of fused-ring (bicyclic) bond motifs is 1. The molecule has 176 valence electrons. The van der Waals surface area contributed by atoms with Crippen molar-refractivity contribution in [3.63, 3.8) is 0 Å². The first-order valence-electron chi connectivity index (χ1n) is 10.3. The van der Waals surface area contributed by atoms with Crippen LogP contribution in [0, 0.1) is 22.7 Å². The minimum Gasteiger partial charge on any atom is -0.352 e. The van der Waals surface area contributed by atoms with E-state index in [0.29, 0.717) is 32.2 Å². The molecule has 0 aliphatic heterocycles. The number of nitrogens with one attached hydrogen (secondary N) is 3. The van der Waals surface area contributed by atoms with Crippen LogP contribution in [0.15, 0.2) is 66.7 Å². The zero-order chi connectivity index (χ0) is 25.8. The summed E-state index contributed by atoms with van der Waals surface area (Å²) in [5.74, 6) is -1.38. The summed E-state index contributed by atoms with van der Waals surface area (Å²) in [7, 11) is 0. The number of H-pyrrole nitrogens is 1. The highest BCUT2D eigenvalue weighted by molar-refractivity contribution is 6.42. The molecule has 0 saturated carbocycles. The highest BCUT2D eigenvalue weighted by Crippen LogP contribution is 2.25. The maximum atomic E-state index is 13.0. The third-order valence-corrected chi connectivity index (χ3v) is 6.16. The average Bonchev–Trinajstić information content (AvgIpc) is 3.23. The number of benzene rings is 3. The Kier molecular flexibility index (Phi) is 7.28. The lowest BCUT2D eigenvalue weighted by molar-refractivity contribution is -0.111. The first kappa shape index (κ1) is 24.8. The highest BCUT2D eigenvalue weighted by atomic mass is 35.5. The first-order valence-corrected chi connectivity index (χ1v) is 11.4. The molecule has 10 heteroatoms. The average molecular weight is 535 g/mol. The van der Waals surface area contributed by atoms with E-state index in [1.807, 2.05) is 12.1 Å². The molecule has 0 spiro atoms. The molecule has 36 heavy (non-hydrogen) atoms. The van der Waals surface area contributed by atoms with E-state index >= 15 is 0 Å². The second-order valence-corrected chi connectivity index (χ2v) is 8.69. The van der Waals surface area contributed by atoms with Gasteiger partial charge in [0.2, 0.25) is 0 Å². The van der Waals surface area contributed by atoms with Crippen molar-refractivity contribution in [1.29, 1.82) is 10.5 Å². The molecule has 3 N–H and O–H groups in total. The van der Waals surface area contributed by atoms with E-state index in [2.05, 4.69) is 15.6 Å². The molecule has 1 heterocycles. The predicted octanol–water partition coefficient (Wildman–Crippen LogP) is 4.75. The molecule has 2 amide bonds. The van der Waals surface area contributed by atoms with Crippen LogP contribution >= 0.6 is 34.8 Å². The number of rotatable bonds is 4. The van der Waals surface area contributed by atoms with Gasteiger partial charge in [-0.25, -0.2) is 0 Å². The molecule has 0 saturated heterocycles. The number of hydrogen-bond acceptors (Lipinski definition) is 4. The minimum absolute atomic E-state index is 0.160. The summed E-state index contributed by atoms with van der Waals surface area (Å²) in [6, 6.07) is 21.6. The normalized spacial score (nSPS) is 12.2. The monoisotopic (exact) mass is 533 g/mol. The Hall–Kier alpha value is -4.27. The fourth-order valence-electron chi connectivity index (χ4n) is 3.51. The maximum Gasteiger partial charge on any atom is 0.268 e. The summed E-state index contributed by atoms with van der Waals surface area (Å²) in [5, 5.41) is 27.3. The number of amides is 2. The lowest BCUT2D eigenvalue weighted by atomic mass is 10.1. The van der Waals surface area contributed by atoms with Crippen molar-refractivity contribution in [2.45, 2.75) is 0 Å². The van der Waals surface area contributed by atoms with E-state index in [-0.39, 0.29) is 26.9 Å². The lowest BCUT2D eigenvalue weighted by Crippen LogP contribution is -2.25. The minimum atomic E-state index is -0.710. The van der Waals surface area contributed by atoms with Crippen LogP contribution in [-0.4, -0.2) is 16.8 Å². The molecule has 0 fully saturated rings. The molecular weight excluding hydrogens is 521 g/mol. The van der Waals surface area contributed by atoms with E-state index < -0.39 is 11.8 Å². The third-order valence-electron chi connectivity index (χ3n) is 5.17. The van der Waals surface area contributed by atoms with Gasteiger partial charge in [0.1, 0.15) is 23.3 Å². The largest absolute Gasteiger partial charge is 0.352 e. The molecular formula is C26H14Cl3N5O2. The second-order valence-electron chi connectivity index (χ2n) is 7.44. The van der Waals surface area contributed by atoms with Gasteiger partial charge < -0.3 is 15.6 Å². The Morgan fingerprint density at radius 2 is 1.19 bits per heavy atom. The molecule has 4 aromatic rings. The van der Waals surface area contributed by atoms with Crippen molar-refractivity contribution in [2.24, 2.45) is 0 Å². The van der Waals surface area contributed by atoms with Crippen molar-refractivity contribution in [3.8, 4) is 12.1 Å². The predicted molar refractivity (Wildman–Crippen MR) is 141 cm³/mol. The van der Waals surface area contributed by atoms with Crippen molar-refractivity contribution < 1.29 is 9.59 Å². The molecule has 7 nitrogen and oxygen atoms in total. The Morgan fingerprint density at radius 3 is 1.69 bits per heavy atom. The van der Waals surface area contributed by atoms with Gasteiger partial charge in [-0.1, -0.05) is 59.1 Å². The molecule has 0 aliphatic carbocycles. The van der Waals surface area contributed by atoms with Gasteiger partial charge in [-0.05, 0) is 42.5 Å². The van der Waals surface area contributed by atoms with Crippen LogP contribution in [0.1, 0.15) is 0 Å². The zero-order valence-electron chi connectivity index (χ0n) is 18.2. The SMILES string of the molecule is N#C/C(C(=O)Nc1ccc(Cl)c(Cl)c1)=c1/[nH]/c(=C(\C#N)C(=O)Nc2ccc(Cl)cc2)c2ccccc12. The number of halogens is 3. The van der Waals surface area contributed by atoms with Gasteiger partial charge in [0, 0.05) is 27.2 Å². The van der Waals surface area contributed by atoms with Crippen LogP contribution in [0.4, 0.5) is 11.4 Å². The summed E-state index contributed by atoms with van der Waals surface area (Å²) in [5.41, 5.74) is 0.303. The van der Waals surface area contributed by atoms with E-state index in [1.54, 1.807) is 54.6 Å². The van der Waals surface area contributed by atoms with Crippen LogP contribution < -0.4 is 21.3 Å². The number of hydrogen-bond donors (Lipinski definition) is 3. The lowest BCUT2D eigenvalue weighted by Gasteiger charge is -2.05. The Morgan fingerprint density at radius 1 is 0.694 bits per heavy atom. The number of nitrogens with zero attached hydrogens (tertiary/aromatic N) is 2. The van der Waals surface area contributed by atoms with Crippen LogP contribution in [0.5, 0.6) is 0 Å². The summed E-state index contributed by atoms with van der Waals surface area (Å²) in [4.78, 5) is 28.9. The standard InChI is InChI=1S/C26H14Cl3N5O2/c27-14-5-7-15(8-6-14)32-25(35)19(12-30)23-17-3-1-2-4-18(17)24(34-23)20(13-31)26(36)33-16-9-10-21(28)22(29)11-16/h1-11,34H,(H,32,35)(H,33,36)/b23-19+,24-20-.